The molecule has 1 atom stereocenters. The van der Waals surface area contributed by atoms with Gasteiger partial charge < -0.3 is 10.4 Å². The van der Waals surface area contributed by atoms with Crippen molar-refractivity contribution in [3.63, 3.8) is 0 Å². The Bertz CT molecular complexity index is 369. The predicted octanol–water partition coefficient (Wildman–Crippen LogP) is 2.67. The van der Waals surface area contributed by atoms with Gasteiger partial charge in [-0.15, -0.1) is 0 Å². The molecule has 0 heterocycles. The van der Waals surface area contributed by atoms with Crippen LogP contribution in [0.1, 0.15) is 25.8 Å². The third kappa shape index (κ3) is 2.73. The molecule has 88 valence electrons. The van der Waals surface area contributed by atoms with E-state index in [2.05, 4.69) is 19.2 Å². The first-order chi connectivity index (χ1) is 7.47. The number of hydrogen-bond donors (Lipinski definition) is 2. The molecule has 0 saturated heterocycles. The average molecular weight is 223 g/mol. The fourth-order valence-corrected chi connectivity index (χ4v) is 2.05. The first kappa shape index (κ1) is 11.4. The minimum atomic E-state index is -0.386. The largest absolute Gasteiger partial charge is 0.508 e. The van der Waals surface area contributed by atoms with Gasteiger partial charge in [-0.1, -0.05) is 13.8 Å². The monoisotopic (exact) mass is 223 g/mol. The Morgan fingerprint density at radius 2 is 2.12 bits per heavy atom. The molecule has 1 aromatic carbocycles. The fourth-order valence-electron chi connectivity index (χ4n) is 2.05. The highest BCUT2D eigenvalue weighted by atomic mass is 19.1. The number of halogens is 1. The molecule has 0 bridgehead atoms. The van der Waals surface area contributed by atoms with Crippen molar-refractivity contribution in [1.29, 1.82) is 0 Å². The molecule has 0 aliphatic heterocycles. The van der Waals surface area contributed by atoms with Crippen LogP contribution < -0.4 is 5.32 Å². The van der Waals surface area contributed by atoms with Gasteiger partial charge >= 0.3 is 0 Å². The maximum atomic E-state index is 13.0. The highest BCUT2D eigenvalue weighted by molar-refractivity contribution is 5.28. The summed E-state index contributed by atoms with van der Waals surface area (Å²) >= 11 is 0. The molecule has 2 rings (SSSR count). The van der Waals surface area contributed by atoms with E-state index < -0.39 is 0 Å². The van der Waals surface area contributed by atoms with E-state index in [1.165, 1.54) is 12.5 Å². The molecule has 0 amide bonds. The molecule has 0 aromatic heterocycles. The van der Waals surface area contributed by atoms with Crippen LogP contribution in [0.2, 0.25) is 0 Å². The van der Waals surface area contributed by atoms with Gasteiger partial charge in [0.15, 0.2) is 0 Å². The van der Waals surface area contributed by atoms with Crippen LogP contribution in [0.4, 0.5) is 4.39 Å². The summed E-state index contributed by atoms with van der Waals surface area (Å²) in [7, 11) is 0. The summed E-state index contributed by atoms with van der Waals surface area (Å²) in [5.74, 6) is 0.335. The number of hydrogen-bond acceptors (Lipinski definition) is 2. The number of phenols is 1. The highest BCUT2D eigenvalue weighted by Crippen LogP contribution is 2.50. The summed E-state index contributed by atoms with van der Waals surface area (Å²) < 4.78 is 13.0. The first-order valence-corrected chi connectivity index (χ1v) is 5.66. The van der Waals surface area contributed by atoms with Crippen molar-refractivity contribution in [3.8, 4) is 5.75 Å². The number of aromatic hydroxyl groups is 1. The lowest BCUT2D eigenvalue weighted by atomic mass is 10.1. The van der Waals surface area contributed by atoms with Gasteiger partial charge in [0, 0.05) is 12.6 Å². The summed E-state index contributed by atoms with van der Waals surface area (Å²) in [5.41, 5.74) is 1.26. The summed E-state index contributed by atoms with van der Waals surface area (Å²) in [5, 5.41) is 12.5. The average Bonchev–Trinajstić information content (AvgIpc) is 2.72. The summed E-state index contributed by atoms with van der Waals surface area (Å²) in [6.07, 6.45) is 1.26. The van der Waals surface area contributed by atoms with Gasteiger partial charge in [0.05, 0.1) is 0 Å². The third-order valence-electron chi connectivity index (χ3n) is 3.38. The van der Waals surface area contributed by atoms with Crippen molar-refractivity contribution in [2.45, 2.75) is 26.8 Å². The standard InChI is InChI=1S/C13H18FNO/c1-13(2)6-10(13)8-15-7-9-3-11(14)5-12(16)4-9/h3-5,10,15-16H,6-8H2,1-2H3. The van der Waals surface area contributed by atoms with E-state index in [0.29, 0.717) is 12.0 Å². The first-order valence-electron chi connectivity index (χ1n) is 5.66. The Kier molecular flexibility index (Phi) is 2.89. The van der Waals surface area contributed by atoms with E-state index in [-0.39, 0.29) is 11.6 Å². The SMILES string of the molecule is CC1(C)CC1CNCc1cc(O)cc(F)c1. The molecule has 1 saturated carbocycles. The summed E-state index contributed by atoms with van der Waals surface area (Å²) in [6, 6.07) is 4.16. The van der Waals surface area contributed by atoms with E-state index in [0.717, 1.165) is 24.1 Å². The van der Waals surface area contributed by atoms with Gasteiger partial charge in [0.2, 0.25) is 0 Å². The number of rotatable bonds is 4. The second-order valence-corrected chi connectivity index (χ2v) is 5.34. The van der Waals surface area contributed by atoms with Gasteiger partial charge in [0.1, 0.15) is 11.6 Å². The Labute approximate surface area is 95.5 Å². The van der Waals surface area contributed by atoms with Crippen LogP contribution in [0.25, 0.3) is 0 Å². The zero-order valence-electron chi connectivity index (χ0n) is 9.76. The molecular formula is C13H18FNO. The number of benzene rings is 1. The van der Waals surface area contributed by atoms with Crippen LogP contribution in [-0.2, 0) is 6.54 Å². The summed E-state index contributed by atoms with van der Waals surface area (Å²) in [6.45, 7) is 6.09. The van der Waals surface area contributed by atoms with Gasteiger partial charge in [0.25, 0.3) is 0 Å². The minimum absolute atomic E-state index is 0.0106. The third-order valence-corrected chi connectivity index (χ3v) is 3.38. The van der Waals surface area contributed by atoms with E-state index in [1.54, 1.807) is 6.07 Å². The van der Waals surface area contributed by atoms with Crippen molar-refractivity contribution in [3.05, 3.63) is 29.6 Å². The fraction of sp³-hybridized carbons (Fsp3) is 0.538. The zero-order valence-corrected chi connectivity index (χ0v) is 9.76. The van der Waals surface area contributed by atoms with Crippen molar-refractivity contribution in [2.75, 3.05) is 6.54 Å². The lowest BCUT2D eigenvalue weighted by Gasteiger charge is -2.07. The smallest absolute Gasteiger partial charge is 0.127 e. The van der Waals surface area contributed by atoms with Crippen molar-refractivity contribution >= 4 is 0 Å². The Hall–Kier alpha value is -1.09. The van der Waals surface area contributed by atoms with Crippen LogP contribution in [0.15, 0.2) is 18.2 Å². The molecule has 1 aliphatic carbocycles. The zero-order chi connectivity index (χ0) is 11.8. The molecule has 1 aromatic rings. The second kappa shape index (κ2) is 4.06. The molecule has 16 heavy (non-hydrogen) atoms. The Morgan fingerprint density at radius 3 is 2.69 bits per heavy atom. The maximum absolute atomic E-state index is 13.0. The van der Waals surface area contributed by atoms with Gasteiger partial charge in [-0.2, -0.15) is 0 Å². The molecule has 0 radical (unpaired) electrons. The van der Waals surface area contributed by atoms with Crippen LogP contribution in [0, 0.1) is 17.2 Å². The molecule has 1 aliphatic rings. The molecule has 3 heteroatoms. The highest BCUT2D eigenvalue weighted by Gasteiger charge is 2.44. The van der Waals surface area contributed by atoms with Crippen LogP contribution in [-0.4, -0.2) is 11.7 Å². The second-order valence-electron chi connectivity index (χ2n) is 5.34. The normalized spacial score (nSPS) is 22.1. The van der Waals surface area contributed by atoms with Crippen molar-refractivity contribution < 1.29 is 9.50 Å². The Balaban J connectivity index is 1.81. The van der Waals surface area contributed by atoms with E-state index in [9.17, 15) is 9.50 Å². The van der Waals surface area contributed by atoms with E-state index in [1.807, 2.05) is 0 Å². The van der Waals surface area contributed by atoms with Gasteiger partial charge in [-0.3, -0.25) is 0 Å². The summed E-state index contributed by atoms with van der Waals surface area (Å²) in [4.78, 5) is 0. The lowest BCUT2D eigenvalue weighted by molar-refractivity contribution is 0.466. The molecule has 2 N–H and O–H groups in total. The lowest BCUT2D eigenvalue weighted by Crippen LogP contribution is -2.18. The van der Waals surface area contributed by atoms with Crippen molar-refractivity contribution in [1.82, 2.24) is 5.32 Å². The van der Waals surface area contributed by atoms with Crippen LogP contribution in [0.5, 0.6) is 5.75 Å². The molecule has 1 unspecified atom stereocenters. The predicted molar refractivity (Wildman–Crippen MR) is 61.7 cm³/mol. The molecule has 0 spiro atoms. The molecular weight excluding hydrogens is 205 g/mol. The van der Waals surface area contributed by atoms with Crippen LogP contribution >= 0.6 is 0 Å². The maximum Gasteiger partial charge on any atom is 0.127 e. The minimum Gasteiger partial charge on any atom is -0.508 e. The molecule has 1 fully saturated rings. The topological polar surface area (TPSA) is 32.3 Å². The van der Waals surface area contributed by atoms with Gasteiger partial charge in [-0.05, 0) is 42.0 Å². The van der Waals surface area contributed by atoms with E-state index in [4.69, 9.17) is 0 Å². The van der Waals surface area contributed by atoms with Crippen LogP contribution in [0.3, 0.4) is 0 Å². The molecule has 2 nitrogen and oxygen atoms in total. The van der Waals surface area contributed by atoms with Gasteiger partial charge in [-0.25, -0.2) is 4.39 Å². The quantitative estimate of drug-likeness (QED) is 0.822. The van der Waals surface area contributed by atoms with Crippen molar-refractivity contribution in [2.24, 2.45) is 11.3 Å². The van der Waals surface area contributed by atoms with E-state index >= 15 is 0 Å². The number of phenolic OH excluding ortho intramolecular Hbond substituents is 1. The Morgan fingerprint density at radius 1 is 1.44 bits per heavy atom. The number of nitrogens with one attached hydrogen (secondary N) is 1.